The van der Waals surface area contributed by atoms with E-state index in [4.69, 9.17) is 0 Å². The van der Waals surface area contributed by atoms with Crippen LogP contribution in [0.4, 0.5) is 5.69 Å². The van der Waals surface area contributed by atoms with E-state index in [1.54, 1.807) is 4.90 Å². The van der Waals surface area contributed by atoms with Crippen molar-refractivity contribution in [2.75, 3.05) is 57.3 Å². The molecule has 3 saturated heterocycles. The highest BCUT2D eigenvalue weighted by Gasteiger charge is 2.39. The van der Waals surface area contributed by atoms with Crippen molar-refractivity contribution in [2.24, 2.45) is 5.92 Å². The molecule has 9 rings (SSSR count). The molecule has 0 spiro atoms. The first-order chi connectivity index (χ1) is 26.9. The summed E-state index contributed by atoms with van der Waals surface area (Å²) in [5.74, 6) is 1.67. The van der Waals surface area contributed by atoms with Crippen LogP contribution in [-0.2, 0) is 24.2 Å². The zero-order chi connectivity index (χ0) is 37.5. The lowest BCUT2D eigenvalue weighted by Gasteiger charge is -2.44. The Hall–Kier alpha value is -4.92. The Bertz CT molecular complexity index is 2050. The number of nitrogens with zero attached hydrogens (tertiary/aromatic N) is 4. The lowest BCUT2D eigenvalue weighted by atomic mass is 9.69. The molecule has 0 bridgehead atoms. The van der Waals surface area contributed by atoms with Crippen LogP contribution in [-0.4, -0.2) is 90.0 Å². The first-order valence-electron chi connectivity index (χ1n) is 20.4. The molecule has 2 amide bonds. The summed E-state index contributed by atoms with van der Waals surface area (Å²) in [6.45, 7) is 13.2. The molecule has 4 heterocycles. The first kappa shape index (κ1) is 35.8. The first-order valence-corrected chi connectivity index (χ1v) is 20.4. The topological polar surface area (TPSA) is 79.4 Å². The average molecular weight is 736 g/mol. The number of hydrogen-bond donors (Lipinski definition) is 2. The molecule has 55 heavy (non-hydrogen) atoms. The molecule has 0 aromatic heterocycles. The van der Waals surface area contributed by atoms with Crippen LogP contribution < -0.4 is 10.2 Å². The van der Waals surface area contributed by atoms with Gasteiger partial charge in [-0.15, -0.1) is 0 Å². The SMILES string of the molecule is C=C1CCC(N2Cc3cc(N4CCN(CC5CN(CCCc6ccc([C@@H]7c8ccc(O)cc8CC[C@@H]7c7ccccc7)cc6)C5)CC4)ccc3C2=O)C(=O)N1. The molecule has 4 aliphatic heterocycles. The van der Waals surface area contributed by atoms with E-state index in [-0.39, 0.29) is 11.8 Å². The number of fused-ring (bicyclic) bond motifs is 2. The van der Waals surface area contributed by atoms with Crippen LogP contribution in [0, 0.1) is 5.92 Å². The van der Waals surface area contributed by atoms with Gasteiger partial charge in [0.1, 0.15) is 11.8 Å². The summed E-state index contributed by atoms with van der Waals surface area (Å²) in [7, 11) is 0. The van der Waals surface area contributed by atoms with Crippen molar-refractivity contribution >= 4 is 17.5 Å². The van der Waals surface area contributed by atoms with Crippen LogP contribution in [0.3, 0.4) is 0 Å². The minimum Gasteiger partial charge on any atom is -0.508 e. The Morgan fingerprint density at radius 2 is 1.58 bits per heavy atom. The minimum absolute atomic E-state index is 0.0371. The molecule has 1 unspecified atom stereocenters. The fraction of sp³-hybridized carbons (Fsp3) is 0.404. The van der Waals surface area contributed by atoms with Gasteiger partial charge in [-0.1, -0.05) is 67.2 Å². The van der Waals surface area contributed by atoms with Gasteiger partial charge in [-0.05, 0) is 121 Å². The average Bonchev–Trinajstić information content (AvgIpc) is 3.52. The molecule has 4 aromatic carbocycles. The van der Waals surface area contributed by atoms with E-state index < -0.39 is 6.04 Å². The van der Waals surface area contributed by atoms with E-state index in [0.29, 0.717) is 37.0 Å². The maximum absolute atomic E-state index is 13.2. The molecule has 8 nitrogen and oxygen atoms in total. The van der Waals surface area contributed by atoms with E-state index in [2.05, 4.69) is 99.4 Å². The second kappa shape index (κ2) is 15.3. The molecule has 3 atom stereocenters. The number of allylic oxidation sites excluding steroid dienone is 1. The number of piperazine rings is 1. The van der Waals surface area contributed by atoms with Crippen molar-refractivity contribution in [3.05, 3.63) is 142 Å². The van der Waals surface area contributed by atoms with Crippen LogP contribution in [0.2, 0.25) is 0 Å². The summed E-state index contributed by atoms with van der Waals surface area (Å²) >= 11 is 0. The van der Waals surface area contributed by atoms with Gasteiger partial charge in [0.2, 0.25) is 5.91 Å². The molecule has 0 saturated carbocycles. The number of rotatable bonds is 10. The van der Waals surface area contributed by atoms with E-state index in [9.17, 15) is 14.7 Å². The second-order valence-corrected chi connectivity index (χ2v) is 16.6. The number of carbonyl (C=O) groups excluding carboxylic acids is 2. The number of likely N-dealkylation sites (tertiary alicyclic amines) is 1. The van der Waals surface area contributed by atoms with Gasteiger partial charge in [-0.25, -0.2) is 0 Å². The number of amides is 2. The summed E-state index contributed by atoms with van der Waals surface area (Å²) in [5, 5.41) is 13.0. The number of carbonyl (C=O) groups is 2. The van der Waals surface area contributed by atoms with Crippen LogP contribution in [0.5, 0.6) is 5.75 Å². The molecule has 8 heteroatoms. The van der Waals surface area contributed by atoms with Gasteiger partial charge in [0.05, 0.1) is 0 Å². The fourth-order valence-corrected chi connectivity index (χ4v) is 10.0. The maximum Gasteiger partial charge on any atom is 0.255 e. The smallest absolute Gasteiger partial charge is 0.255 e. The predicted octanol–water partition coefficient (Wildman–Crippen LogP) is 6.69. The van der Waals surface area contributed by atoms with Crippen LogP contribution in [0.15, 0.2) is 103 Å². The van der Waals surface area contributed by atoms with Crippen LogP contribution in [0.25, 0.3) is 0 Å². The molecular weight excluding hydrogens is 683 g/mol. The molecule has 4 aromatic rings. The van der Waals surface area contributed by atoms with E-state index in [1.165, 1.54) is 59.6 Å². The second-order valence-electron chi connectivity index (χ2n) is 16.6. The van der Waals surface area contributed by atoms with Gasteiger partial charge >= 0.3 is 0 Å². The fourth-order valence-electron chi connectivity index (χ4n) is 10.0. The number of phenols is 1. The number of nitrogens with one attached hydrogen (secondary N) is 1. The van der Waals surface area contributed by atoms with Gasteiger partial charge in [0.25, 0.3) is 5.91 Å². The zero-order valence-electron chi connectivity index (χ0n) is 31.8. The van der Waals surface area contributed by atoms with Crippen LogP contribution >= 0.6 is 0 Å². The lowest BCUT2D eigenvalue weighted by Crippen LogP contribution is -2.55. The number of phenolic OH excluding ortho intramolecular Hbond substituents is 1. The standard InChI is InChI=1S/C47H53N5O3/c1-32-9-20-44(46(54)48-32)52-31-38-26-39(15-18-43(38)47(52)55)51-24-22-49(23-25-51)28-34-29-50(30-34)21-5-6-33-10-12-36(13-11-33)45-41(35-7-3-2-4-8-35)17-14-37-27-40(53)16-19-42(37)45/h2-4,7-8,10-13,15-16,18-19,26-27,34,41,44-45,53H,1,5-6,9,14,17,20-25,28-31H2,(H,48,54)/t41-,44?,45+/m1/s1. The third-order valence-corrected chi connectivity index (χ3v) is 13.0. The molecule has 0 radical (unpaired) electrons. The van der Waals surface area contributed by atoms with Crippen molar-refractivity contribution in [3.63, 3.8) is 0 Å². The molecule has 5 aliphatic rings. The molecular formula is C47H53N5O3. The Balaban J connectivity index is 0.718. The van der Waals surface area contributed by atoms with Gasteiger partial charge in [0.15, 0.2) is 0 Å². The number of piperidine rings is 1. The minimum atomic E-state index is -0.421. The Morgan fingerprint density at radius 3 is 2.36 bits per heavy atom. The monoisotopic (exact) mass is 735 g/mol. The van der Waals surface area contributed by atoms with Crippen molar-refractivity contribution in [1.82, 2.24) is 20.0 Å². The summed E-state index contributed by atoms with van der Waals surface area (Å²) in [6, 6.07) is 32.1. The molecule has 2 N–H and O–H groups in total. The molecule has 1 aliphatic carbocycles. The summed E-state index contributed by atoms with van der Waals surface area (Å²) in [6.07, 6.45) is 5.70. The van der Waals surface area contributed by atoms with Gasteiger partial charge in [0, 0.05) is 75.2 Å². The number of aryl methyl sites for hydroxylation is 2. The third-order valence-electron chi connectivity index (χ3n) is 13.0. The Kier molecular flexibility index (Phi) is 9.96. The lowest BCUT2D eigenvalue weighted by molar-refractivity contribution is -0.126. The zero-order valence-corrected chi connectivity index (χ0v) is 31.8. The number of benzene rings is 4. The van der Waals surface area contributed by atoms with E-state index >= 15 is 0 Å². The van der Waals surface area contributed by atoms with Crippen molar-refractivity contribution in [3.8, 4) is 5.75 Å². The summed E-state index contributed by atoms with van der Waals surface area (Å²) in [5.41, 5.74) is 10.5. The summed E-state index contributed by atoms with van der Waals surface area (Å²) in [4.78, 5) is 35.2. The normalized spacial score (nSPS) is 23.3. The quantitative estimate of drug-likeness (QED) is 0.189. The Labute approximate surface area is 325 Å². The number of hydrogen-bond acceptors (Lipinski definition) is 6. The third kappa shape index (κ3) is 7.42. The molecule has 284 valence electrons. The highest BCUT2D eigenvalue weighted by molar-refractivity contribution is 6.01. The van der Waals surface area contributed by atoms with E-state index in [1.807, 2.05) is 18.2 Å². The number of aromatic hydroxyl groups is 1. The highest BCUT2D eigenvalue weighted by atomic mass is 16.3. The number of anilines is 1. The van der Waals surface area contributed by atoms with Gasteiger partial charge in [-0.3, -0.25) is 14.5 Å². The van der Waals surface area contributed by atoms with Gasteiger partial charge in [-0.2, -0.15) is 0 Å². The maximum atomic E-state index is 13.2. The largest absolute Gasteiger partial charge is 0.508 e. The Morgan fingerprint density at radius 1 is 0.782 bits per heavy atom. The highest BCUT2D eigenvalue weighted by Crippen LogP contribution is 2.47. The van der Waals surface area contributed by atoms with Gasteiger partial charge < -0.3 is 25.1 Å². The summed E-state index contributed by atoms with van der Waals surface area (Å²) < 4.78 is 0. The predicted molar refractivity (Wildman–Crippen MR) is 217 cm³/mol. The van der Waals surface area contributed by atoms with Crippen molar-refractivity contribution in [2.45, 2.75) is 62.9 Å². The van der Waals surface area contributed by atoms with Crippen molar-refractivity contribution < 1.29 is 14.7 Å². The van der Waals surface area contributed by atoms with E-state index in [0.717, 1.165) is 74.7 Å². The van der Waals surface area contributed by atoms with Crippen LogP contribution in [0.1, 0.15) is 81.3 Å². The molecule has 3 fully saturated rings. The van der Waals surface area contributed by atoms with Crippen molar-refractivity contribution in [1.29, 1.82) is 0 Å².